The monoisotopic (exact) mass is 256 g/mol. The molecule has 0 radical (unpaired) electrons. The third kappa shape index (κ3) is 4.44. The summed E-state index contributed by atoms with van der Waals surface area (Å²) >= 11 is 0. The molecule has 0 spiro atoms. The lowest BCUT2D eigenvalue weighted by Crippen LogP contribution is -1.88. The highest BCUT2D eigenvalue weighted by molar-refractivity contribution is 5.77. The molecule has 0 unspecified atom stereocenters. The summed E-state index contributed by atoms with van der Waals surface area (Å²) in [4.78, 5) is 0. The van der Waals surface area contributed by atoms with Gasteiger partial charge in [-0.3, -0.25) is 0 Å². The number of rotatable bonds is 6. The first-order chi connectivity index (χ1) is 9.24. The van der Waals surface area contributed by atoms with Gasteiger partial charge in [0.25, 0.3) is 0 Å². The largest absolute Gasteiger partial charge is 0.507 e. The van der Waals surface area contributed by atoms with Gasteiger partial charge in [0.1, 0.15) is 5.75 Å². The van der Waals surface area contributed by atoms with E-state index in [0.717, 1.165) is 36.0 Å². The minimum Gasteiger partial charge on any atom is -0.507 e. The molecule has 1 aromatic carbocycles. The molecule has 0 aliphatic heterocycles. The predicted molar refractivity (Wildman–Crippen MR) is 86.1 cm³/mol. The molecule has 1 N–H and O–H groups in total. The van der Waals surface area contributed by atoms with Crippen molar-refractivity contribution in [1.82, 2.24) is 0 Å². The van der Waals surface area contributed by atoms with E-state index in [9.17, 15) is 5.11 Å². The molecule has 0 aliphatic rings. The van der Waals surface area contributed by atoms with Crippen LogP contribution >= 0.6 is 0 Å². The molecule has 0 fully saturated rings. The van der Waals surface area contributed by atoms with E-state index in [2.05, 4.69) is 51.2 Å². The van der Waals surface area contributed by atoms with Crippen molar-refractivity contribution in [3.8, 4) is 5.75 Å². The van der Waals surface area contributed by atoms with Gasteiger partial charge in [0, 0.05) is 5.56 Å². The summed E-state index contributed by atoms with van der Waals surface area (Å²) in [5, 5.41) is 10.1. The Kier molecular flexibility index (Phi) is 6.73. The van der Waals surface area contributed by atoms with Gasteiger partial charge in [-0.05, 0) is 36.5 Å². The summed E-state index contributed by atoms with van der Waals surface area (Å²) in [6.07, 6.45) is 15.5. The topological polar surface area (TPSA) is 20.2 Å². The third-order valence-electron chi connectivity index (χ3n) is 2.87. The molecule has 0 saturated carbocycles. The number of benzene rings is 1. The molecular weight excluding hydrogens is 232 g/mol. The Labute approximate surface area is 117 Å². The van der Waals surface area contributed by atoms with Crippen LogP contribution in [0.3, 0.4) is 0 Å². The minimum absolute atomic E-state index is 0.342. The zero-order chi connectivity index (χ0) is 14.1. The molecule has 19 heavy (non-hydrogen) atoms. The summed E-state index contributed by atoms with van der Waals surface area (Å²) < 4.78 is 0. The summed E-state index contributed by atoms with van der Waals surface area (Å²) in [7, 11) is 0. The maximum atomic E-state index is 10.1. The summed E-state index contributed by atoms with van der Waals surface area (Å²) in [6.45, 7) is 6.33. The molecule has 0 heterocycles. The van der Waals surface area contributed by atoms with Gasteiger partial charge in [-0.15, -0.1) is 0 Å². The van der Waals surface area contributed by atoms with E-state index in [-0.39, 0.29) is 0 Å². The number of phenols is 1. The van der Waals surface area contributed by atoms with E-state index in [1.54, 1.807) is 6.07 Å². The molecule has 0 aliphatic carbocycles. The number of phenolic OH excluding ortho intramolecular Hbond substituents is 1. The van der Waals surface area contributed by atoms with Gasteiger partial charge in [0.05, 0.1) is 0 Å². The van der Waals surface area contributed by atoms with Gasteiger partial charge in [-0.2, -0.15) is 0 Å². The number of hydrogen-bond acceptors (Lipinski definition) is 1. The van der Waals surface area contributed by atoms with Gasteiger partial charge in [-0.1, -0.05) is 63.3 Å². The molecule has 102 valence electrons. The Morgan fingerprint density at radius 1 is 0.789 bits per heavy atom. The molecule has 0 bridgehead atoms. The quantitative estimate of drug-likeness (QED) is 0.696. The first-order valence-electron chi connectivity index (χ1n) is 7.10. The lowest BCUT2D eigenvalue weighted by atomic mass is 9.98. The van der Waals surface area contributed by atoms with E-state index >= 15 is 0 Å². The Bertz CT molecular complexity index is 479. The third-order valence-corrected chi connectivity index (χ3v) is 2.87. The van der Waals surface area contributed by atoms with E-state index in [1.807, 2.05) is 12.1 Å². The molecule has 1 nitrogen and oxygen atoms in total. The number of aromatic hydroxyl groups is 1. The van der Waals surface area contributed by atoms with Crippen LogP contribution in [-0.2, 0) is 0 Å². The van der Waals surface area contributed by atoms with Crippen molar-refractivity contribution in [2.45, 2.75) is 40.0 Å². The smallest absolute Gasteiger partial charge is 0.123 e. The van der Waals surface area contributed by atoms with Crippen LogP contribution in [0.4, 0.5) is 0 Å². The van der Waals surface area contributed by atoms with Crippen LogP contribution in [0.1, 0.15) is 56.7 Å². The van der Waals surface area contributed by atoms with Crippen LogP contribution < -0.4 is 0 Å². The SMILES string of the molecule is CCC=Cc1ccc(O)c(C=CCC)c1C=CCC. The summed E-state index contributed by atoms with van der Waals surface area (Å²) in [5.74, 6) is 0.342. The second-order valence-corrected chi connectivity index (χ2v) is 4.43. The Morgan fingerprint density at radius 3 is 1.89 bits per heavy atom. The van der Waals surface area contributed by atoms with E-state index in [4.69, 9.17) is 0 Å². The van der Waals surface area contributed by atoms with Gasteiger partial charge < -0.3 is 5.11 Å². The normalized spacial score (nSPS) is 12.2. The van der Waals surface area contributed by atoms with Crippen molar-refractivity contribution in [3.05, 3.63) is 47.1 Å². The molecule has 0 aromatic heterocycles. The average Bonchev–Trinajstić information content (AvgIpc) is 2.42. The minimum atomic E-state index is 0.342. The fourth-order valence-electron chi connectivity index (χ4n) is 1.86. The fraction of sp³-hybridized carbons (Fsp3) is 0.333. The van der Waals surface area contributed by atoms with Crippen LogP contribution in [0.15, 0.2) is 30.4 Å². The standard InChI is InChI=1S/C18H24O/c1-4-7-10-15-13-14-18(19)17(12-9-6-3)16(15)11-8-5-2/h7-14,19H,4-6H2,1-3H3. The highest BCUT2D eigenvalue weighted by Crippen LogP contribution is 2.28. The van der Waals surface area contributed by atoms with Crippen LogP contribution in [0.25, 0.3) is 18.2 Å². The van der Waals surface area contributed by atoms with E-state index < -0.39 is 0 Å². The molecule has 1 aromatic rings. The van der Waals surface area contributed by atoms with Crippen molar-refractivity contribution < 1.29 is 5.11 Å². The Balaban J connectivity index is 3.35. The highest BCUT2D eigenvalue weighted by atomic mass is 16.3. The Hall–Kier alpha value is -1.76. The van der Waals surface area contributed by atoms with Crippen molar-refractivity contribution >= 4 is 18.2 Å². The maximum Gasteiger partial charge on any atom is 0.123 e. The van der Waals surface area contributed by atoms with Crippen molar-refractivity contribution in [2.75, 3.05) is 0 Å². The van der Waals surface area contributed by atoms with Gasteiger partial charge in [-0.25, -0.2) is 0 Å². The highest BCUT2D eigenvalue weighted by Gasteiger charge is 2.06. The molecule has 1 heteroatoms. The van der Waals surface area contributed by atoms with E-state index in [1.165, 1.54) is 0 Å². The van der Waals surface area contributed by atoms with Crippen molar-refractivity contribution in [2.24, 2.45) is 0 Å². The number of allylic oxidation sites excluding steroid dienone is 3. The van der Waals surface area contributed by atoms with Gasteiger partial charge in [0.2, 0.25) is 0 Å². The summed E-state index contributed by atoms with van der Waals surface area (Å²) in [5.41, 5.74) is 3.15. The first-order valence-corrected chi connectivity index (χ1v) is 7.10. The zero-order valence-corrected chi connectivity index (χ0v) is 12.2. The van der Waals surface area contributed by atoms with Gasteiger partial charge in [0.15, 0.2) is 0 Å². The molecule has 0 atom stereocenters. The molecule has 0 saturated heterocycles. The second-order valence-electron chi connectivity index (χ2n) is 4.43. The Morgan fingerprint density at radius 2 is 1.32 bits per heavy atom. The molecular formula is C18H24O. The average molecular weight is 256 g/mol. The molecule has 0 amide bonds. The zero-order valence-electron chi connectivity index (χ0n) is 12.2. The van der Waals surface area contributed by atoms with E-state index in [0.29, 0.717) is 5.75 Å². The van der Waals surface area contributed by atoms with Crippen LogP contribution in [0.2, 0.25) is 0 Å². The predicted octanol–water partition coefficient (Wildman–Crippen LogP) is 5.66. The van der Waals surface area contributed by atoms with Crippen LogP contribution in [0, 0.1) is 0 Å². The fourth-order valence-corrected chi connectivity index (χ4v) is 1.86. The second kappa shape index (κ2) is 8.36. The lowest BCUT2D eigenvalue weighted by molar-refractivity contribution is 0.474. The number of hydrogen-bond donors (Lipinski definition) is 1. The van der Waals surface area contributed by atoms with Gasteiger partial charge >= 0.3 is 0 Å². The lowest BCUT2D eigenvalue weighted by Gasteiger charge is -2.09. The maximum absolute atomic E-state index is 10.1. The van der Waals surface area contributed by atoms with Crippen molar-refractivity contribution in [1.29, 1.82) is 0 Å². The molecule has 1 rings (SSSR count). The van der Waals surface area contributed by atoms with Crippen LogP contribution in [0.5, 0.6) is 5.75 Å². The summed E-state index contributed by atoms with van der Waals surface area (Å²) in [6, 6.07) is 3.74. The van der Waals surface area contributed by atoms with Crippen molar-refractivity contribution in [3.63, 3.8) is 0 Å². The van der Waals surface area contributed by atoms with Crippen LogP contribution in [-0.4, -0.2) is 5.11 Å². The first kappa shape index (κ1) is 15.3.